The van der Waals surface area contributed by atoms with Crippen molar-refractivity contribution < 1.29 is 14.1 Å². The van der Waals surface area contributed by atoms with Crippen LogP contribution in [0.4, 0.5) is 0 Å². The molecule has 5 nitrogen and oxygen atoms in total. The summed E-state index contributed by atoms with van der Waals surface area (Å²) in [5.74, 6) is 0.768. The standard InChI is InChI=1S/C10H15ClN2O3/c1-3-13(5-4-11)10(14)9-6-8(7-15-2)16-12-9/h6H,3-5,7H2,1-2H3. The van der Waals surface area contributed by atoms with Crippen LogP contribution in [0.1, 0.15) is 23.2 Å². The van der Waals surface area contributed by atoms with Crippen molar-refractivity contribution in [3.63, 3.8) is 0 Å². The fourth-order valence-electron chi connectivity index (χ4n) is 1.29. The Morgan fingerprint density at radius 1 is 1.69 bits per heavy atom. The van der Waals surface area contributed by atoms with Gasteiger partial charge in [0.15, 0.2) is 11.5 Å². The molecule has 0 unspecified atom stereocenters. The Labute approximate surface area is 99.3 Å². The van der Waals surface area contributed by atoms with E-state index in [4.69, 9.17) is 20.9 Å². The molecule has 0 saturated heterocycles. The van der Waals surface area contributed by atoms with Gasteiger partial charge in [-0.1, -0.05) is 5.16 Å². The Hall–Kier alpha value is -1.07. The van der Waals surface area contributed by atoms with Crippen molar-refractivity contribution in [2.45, 2.75) is 13.5 Å². The summed E-state index contributed by atoms with van der Waals surface area (Å²) in [6.07, 6.45) is 0. The van der Waals surface area contributed by atoms with Crippen LogP contribution in [0.5, 0.6) is 0 Å². The monoisotopic (exact) mass is 246 g/mol. The molecule has 0 fully saturated rings. The van der Waals surface area contributed by atoms with Crippen LogP contribution in [0.25, 0.3) is 0 Å². The van der Waals surface area contributed by atoms with E-state index in [0.29, 0.717) is 37.0 Å². The van der Waals surface area contributed by atoms with Crippen LogP contribution in [0.3, 0.4) is 0 Å². The Morgan fingerprint density at radius 2 is 2.44 bits per heavy atom. The van der Waals surface area contributed by atoms with E-state index in [1.54, 1.807) is 18.1 Å². The van der Waals surface area contributed by atoms with E-state index >= 15 is 0 Å². The first kappa shape index (κ1) is 13.0. The van der Waals surface area contributed by atoms with Crippen molar-refractivity contribution in [3.05, 3.63) is 17.5 Å². The first-order valence-electron chi connectivity index (χ1n) is 5.02. The number of alkyl halides is 1. The Balaban J connectivity index is 2.70. The van der Waals surface area contributed by atoms with Crippen LogP contribution in [0.2, 0.25) is 0 Å². The average Bonchev–Trinajstić information content (AvgIpc) is 2.74. The lowest BCUT2D eigenvalue weighted by atomic mass is 10.3. The molecule has 0 N–H and O–H groups in total. The van der Waals surface area contributed by atoms with Crippen molar-refractivity contribution in [1.82, 2.24) is 10.1 Å². The highest BCUT2D eigenvalue weighted by molar-refractivity contribution is 6.18. The van der Waals surface area contributed by atoms with E-state index in [1.165, 1.54) is 0 Å². The molecule has 1 amide bonds. The smallest absolute Gasteiger partial charge is 0.276 e. The number of ether oxygens (including phenoxy) is 1. The number of aromatic nitrogens is 1. The zero-order valence-corrected chi connectivity index (χ0v) is 10.2. The number of rotatable bonds is 6. The quantitative estimate of drug-likeness (QED) is 0.715. The van der Waals surface area contributed by atoms with Gasteiger partial charge in [-0.25, -0.2) is 0 Å². The highest BCUT2D eigenvalue weighted by atomic mass is 35.5. The number of methoxy groups -OCH3 is 1. The zero-order chi connectivity index (χ0) is 12.0. The number of halogens is 1. The van der Waals surface area contributed by atoms with Crippen molar-refractivity contribution in [2.24, 2.45) is 0 Å². The Morgan fingerprint density at radius 3 is 3.00 bits per heavy atom. The highest BCUT2D eigenvalue weighted by Crippen LogP contribution is 2.08. The maximum atomic E-state index is 11.9. The summed E-state index contributed by atoms with van der Waals surface area (Å²) in [4.78, 5) is 13.5. The number of amides is 1. The lowest BCUT2D eigenvalue weighted by Crippen LogP contribution is -2.32. The highest BCUT2D eigenvalue weighted by Gasteiger charge is 2.18. The second-order valence-corrected chi connectivity index (χ2v) is 3.56. The van der Waals surface area contributed by atoms with Gasteiger partial charge in [-0.15, -0.1) is 11.6 Å². The van der Waals surface area contributed by atoms with Gasteiger partial charge in [0.25, 0.3) is 5.91 Å². The predicted molar refractivity (Wildman–Crippen MR) is 59.5 cm³/mol. The lowest BCUT2D eigenvalue weighted by Gasteiger charge is -2.17. The summed E-state index contributed by atoms with van der Waals surface area (Å²) >= 11 is 5.60. The zero-order valence-electron chi connectivity index (χ0n) is 9.40. The van der Waals surface area contributed by atoms with Crippen molar-refractivity contribution >= 4 is 17.5 Å². The molecule has 1 rings (SSSR count). The maximum Gasteiger partial charge on any atom is 0.276 e. The SMILES string of the molecule is CCN(CCCl)C(=O)c1cc(COC)on1. The minimum absolute atomic E-state index is 0.172. The summed E-state index contributed by atoms with van der Waals surface area (Å²) in [5.41, 5.74) is 0.291. The molecule has 0 radical (unpaired) electrons. The van der Waals surface area contributed by atoms with Crippen LogP contribution < -0.4 is 0 Å². The van der Waals surface area contributed by atoms with Gasteiger partial charge in [0.2, 0.25) is 0 Å². The fourth-order valence-corrected chi connectivity index (χ4v) is 1.50. The molecule has 1 heterocycles. The average molecular weight is 247 g/mol. The van der Waals surface area contributed by atoms with Gasteiger partial charge in [0.1, 0.15) is 6.61 Å². The van der Waals surface area contributed by atoms with E-state index in [9.17, 15) is 4.79 Å². The van der Waals surface area contributed by atoms with Crippen molar-refractivity contribution in [2.75, 3.05) is 26.1 Å². The normalized spacial score (nSPS) is 10.4. The Kier molecular flexibility index (Phi) is 5.28. The number of carbonyl (C=O) groups excluding carboxylic acids is 1. The second kappa shape index (κ2) is 6.50. The summed E-state index contributed by atoms with van der Waals surface area (Å²) in [6, 6.07) is 1.59. The number of carbonyl (C=O) groups is 1. The predicted octanol–water partition coefficient (Wildman–Crippen LogP) is 1.52. The summed E-state index contributed by atoms with van der Waals surface area (Å²) in [6.45, 7) is 3.30. The molecule has 1 aromatic heterocycles. The van der Waals surface area contributed by atoms with Crippen molar-refractivity contribution in [1.29, 1.82) is 0 Å². The van der Waals surface area contributed by atoms with Gasteiger partial charge in [0, 0.05) is 32.1 Å². The number of nitrogens with zero attached hydrogens (tertiary/aromatic N) is 2. The molecule has 6 heteroatoms. The van der Waals surface area contributed by atoms with Crippen molar-refractivity contribution in [3.8, 4) is 0 Å². The molecule has 0 aliphatic carbocycles. The van der Waals surface area contributed by atoms with Crippen LogP contribution >= 0.6 is 11.6 Å². The first-order valence-corrected chi connectivity index (χ1v) is 5.56. The van der Waals surface area contributed by atoms with E-state index < -0.39 is 0 Å². The van der Waals surface area contributed by atoms with Gasteiger partial charge in [-0.2, -0.15) is 0 Å². The van der Waals surface area contributed by atoms with E-state index in [2.05, 4.69) is 5.16 Å². The molecule has 0 aliphatic rings. The Bertz CT molecular complexity index is 341. The lowest BCUT2D eigenvalue weighted by molar-refractivity contribution is 0.0763. The summed E-state index contributed by atoms with van der Waals surface area (Å²) in [5, 5.41) is 3.70. The molecular weight excluding hydrogens is 232 g/mol. The maximum absolute atomic E-state index is 11.9. The van der Waals surface area contributed by atoms with Gasteiger partial charge in [-0.3, -0.25) is 4.79 Å². The molecule has 90 valence electrons. The van der Waals surface area contributed by atoms with Gasteiger partial charge in [-0.05, 0) is 6.92 Å². The molecule has 0 saturated carbocycles. The van der Waals surface area contributed by atoms with Crippen LogP contribution in [-0.4, -0.2) is 42.0 Å². The van der Waals surface area contributed by atoms with E-state index in [1.807, 2.05) is 6.92 Å². The van der Waals surface area contributed by atoms with Crippen LogP contribution in [0, 0.1) is 0 Å². The third-order valence-electron chi connectivity index (χ3n) is 2.09. The molecule has 16 heavy (non-hydrogen) atoms. The summed E-state index contributed by atoms with van der Waals surface area (Å²) < 4.78 is 9.82. The molecule has 0 bridgehead atoms. The third-order valence-corrected chi connectivity index (χ3v) is 2.26. The molecule has 0 atom stereocenters. The minimum Gasteiger partial charge on any atom is -0.377 e. The number of hydrogen-bond acceptors (Lipinski definition) is 4. The van der Waals surface area contributed by atoms with Gasteiger partial charge < -0.3 is 14.2 Å². The molecule has 0 spiro atoms. The summed E-state index contributed by atoms with van der Waals surface area (Å²) in [7, 11) is 1.55. The largest absolute Gasteiger partial charge is 0.377 e. The van der Waals surface area contributed by atoms with E-state index in [-0.39, 0.29) is 5.91 Å². The molecule has 1 aromatic rings. The number of hydrogen-bond donors (Lipinski definition) is 0. The van der Waals surface area contributed by atoms with Gasteiger partial charge in [0.05, 0.1) is 0 Å². The molecular formula is C10H15ClN2O3. The van der Waals surface area contributed by atoms with E-state index in [0.717, 1.165) is 0 Å². The van der Waals surface area contributed by atoms with Gasteiger partial charge >= 0.3 is 0 Å². The fraction of sp³-hybridized carbons (Fsp3) is 0.600. The molecule has 0 aromatic carbocycles. The second-order valence-electron chi connectivity index (χ2n) is 3.19. The van der Waals surface area contributed by atoms with Crippen LogP contribution in [-0.2, 0) is 11.3 Å². The first-order chi connectivity index (χ1) is 7.72. The van der Waals surface area contributed by atoms with Crippen LogP contribution in [0.15, 0.2) is 10.6 Å². The topological polar surface area (TPSA) is 55.6 Å². The minimum atomic E-state index is -0.172. The molecule has 0 aliphatic heterocycles. The third kappa shape index (κ3) is 3.21.